The van der Waals surface area contributed by atoms with Gasteiger partial charge in [-0.2, -0.15) is 8.78 Å². The maximum Gasteiger partial charge on any atom is 0.297 e. The first kappa shape index (κ1) is 27.9. The number of ether oxygens (including phenoxy) is 2. The molecular formula is C29H36F2N4O3S. The highest BCUT2D eigenvalue weighted by Crippen LogP contribution is 2.51. The lowest BCUT2D eigenvalue weighted by Gasteiger charge is -2.45. The molecule has 2 fully saturated rings. The quantitative estimate of drug-likeness (QED) is 0.455. The number of thiophene rings is 1. The Morgan fingerprint density at radius 2 is 2.08 bits per heavy atom. The van der Waals surface area contributed by atoms with Crippen molar-refractivity contribution in [1.82, 2.24) is 14.8 Å². The van der Waals surface area contributed by atoms with E-state index in [2.05, 4.69) is 22.7 Å². The van der Waals surface area contributed by atoms with Crippen molar-refractivity contribution in [2.45, 2.75) is 44.8 Å². The maximum atomic E-state index is 14.5. The molecule has 0 unspecified atom stereocenters. The number of pyridine rings is 1. The molecule has 5 rings (SSSR count). The number of fused-ring (bicyclic) bond motifs is 2. The molecule has 0 radical (unpaired) electrons. The van der Waals surface area contributed by atoms with Crippen LogP contribution in [0.1, 0.15) is 40.6 Å². The predicted molar refractivity (Wildman–Crippen MR) is 148 cm³/mol. The minimum atomic E-state index is -2.93. The van der Waals surface area contributed by atoms with Crippen LogP contribution in [0.3, 0.4) is 0 Å². The number of halogens is 2. The van der Waals surface area contributed by atoms with Gasteiger partial charge in [0, 0.05) is 73.0 Å². The maximum absolute atomic E-state index is 14.5. The molecule has 0 atom stereocenters. The summed E-state index contributed by atoms with van der Waals surface area (Å²) in [6, 6.07) is 5.51. The van der Waals surface area contributed by atoms with Crippen molar-refractivity contribution in [2.75, 3.05) is 57.9 Å². The van der Waals surface area contributed by atoms with Crippen molar-refractivity contribution in [3.63, 3.8) is 0 Å². The van der Waals surface area contributed by atoms with E-state index in [1.165, 1.54) is 11.3 Å². The Morgan fingerprint density at radius 3 is 2.79 bits per heavy atom. The highest BCUT2D eigenvalue weighted by molar-refractivity contribution is 7.12. The summed E-state index contributed by atoms with van der Waals surface area (Å²) in [7, 11) is 1.96. The Labute approximate surface area is 232 Å². The van der Waals surface area contributed by atoms with E-state index in [4.69, 9.17) is 9.47 Å². The number of hydrogen-bond acceptors (Lipinski definition) is 7. The van der Waals surface area contributed by atoms with Crippen molar-refractivity contribution in [3.8, 4) is 0 Å². The van der Waals surface area contributed by atoms with E-state index < -0.39 is 18.1 Å². The third kappa shape index (κ3) is 5.79. The normalized spacial score (nSPS) is 21.2. The van der Waals surface area contributed by atoms with Gasteiger partial charge in [-0.05, 0) is 44.4 Å². The lowest BCUT2D eigenvalue weighted by atomic mass is 9.84. The van der Waals surface area contributed by atoms with Gasteiger partial charge in [0.05, 0.1) is 6.61 Å². The molecule has 5 heterocycles. The molecular weight excluding hydrogens is 522 g/mol. The Morgan fingerprint density at radius 1 is 1.31 bits per heavy atom. The van der Waals surface area contributed by atoms with E-state index in [1.807, 2.05) is 37.9 Å². The third-order valence-corrected chi connectivity index (χ3v) is 9.03. The number of rotatable bonds is 7. The standard InChI is InChI=1S/C29H36F2N4O3S/c1-20(2)23(15-33(4)27-22(6-5-9-32-27)17-35-12-13-37-18-25(35)36)16-34-10-7-28(8-11-34)26-24(14-21(3)39-26)29(30,31)19-38-28/h5-6,9,14-15H,1,7-8,10-13,16-19H2,2-4H3/b23-15-. The molecule has 2 saturated heterocycles. The van der Waals surface area contributed by atoms with Crippen LogP contribution >= 0.6 is 11.3 Å². The van der Waals surface area contributed by atoms with Crippen molar-refractivity contribution in [2.24, 2.45) is 0 Å². The van der Waals surface area contributed by atoms with Gasteiger partial charge in [-0.3, -0.25) is 9.69 Å². The second-order valence-corrected chi connectivity index (χ2v) is 12.0. The smallest absolute Gasteiger partial charge is 0.297 e. The van der Waals surface area contributed by atoms with Gasteiger partial charge >= 0.3 is 0 Å². The molecule has 0 aromatic carbocycles. The van der Waals surface area contributed by atoms with Gasteiger partial charge in [-0.25, -0.2) is 4.98 Å². The highest BCUT2D eigenvalue weighted by Gasteiger charge is 2.51. The number of anilines is 1. The van der Waals surface area contributed by atoms with Crippen molar-refractivity contribution < 1.29 is 23.0 Å². The lowest BCUT2D eigenvalue weighted by molar-refractivity contribution is -0.181. The molecule has 7 nitrogen and oxygen atoms in total. The van der Waals surface area contributed by atoms with Gasteiger partial charge in [0.25, 0.3) is 5.92 Å². The SMILES string of the molecule is C=C(C)/C(=C\N(C)c1ncccc1CN1CCOCC1=O)CN1CCC2(CC1)OCC(F)(F)c1cc(C)sc12. The molecule has 2 aromatic rings. The summed E-state index contributed by atoms with van der Waals surface area (Å²) < 4.78 is 40.3. The van der Waals surface area contributed by atoms with Gasteiger partial charge in [-0.15, -0.1) is 11.3 Å². The van der Waals surface area contributed by atoms with Gasteiger partial charge in [0.1, 0.15) is 24.6 Å². The molecule has 1 spiro atoms. The largest absolute Gasteiger partial charge is 0.370 e. The molecule has 39 heavy (non-hydrogen) atoms. The Kier molecular flexibility index (Phi) is 7.92. The monoisotopic (exact) mass is 558 g/mol. The number of likely N-dealkylation sites (tertiary alicyclic amines) is 1. The molecule has 3 aliphatic heterocycles. The van der Waals surface area contributed by atoms with Crippen LogP contribution in [0.15, 0.2) is 48.3 Å². The zero-order valence-corrected chi connectivity index (χ0v) is 23.7. The van der Waals surface area contributed by atoms with Crippen LogP contribution in [0.4, 0.5) is 14.6 Å². The lowest BCUT2D eigenvalue weighted by Crippen LogP contribution is -2.49. The van der Waals surface area contributed by atoms with Crippen LogP contribution < -0.4 is 4.90 Å². The minimum absolute atomic E-state index is 0.0183. The minimum Gasteiger partial charge on any atom is -0.370 e. The molecule has 1 amide bonds. The molecule has 10 heteroatoms. The fourth-order valence-corrected chi connectivity index (χ4v) is 6.82. The summed E-state index contributed by atoms with van der Waals surface area (Å²) in [4.78, 5) is 24.6. The zero-order valence-electron chi connectivity index (χ0n) is 22.8. The van der Waals surface area contributed by atoms with E-state index in [9.17, 15) is 13.6 Å². The number of amides is 1. The van der Waals surface area contributed by atoms with Crippen molar-refractivity contribution >= 4 is 23.1 Å². The summed E-state index contributed by atoms with van der Waals surface area (Å²) in [6.07, 6.45) is 5.15. The number of piperidine rings is 1. The van der Waals surface area contributed by atoms with Gasteiger partial charge < -0.3 is 19.3 Å². The number of carbonyl (C=O) groups is 1. The first-order chi connectivity index (χ1) is 18.6. The number of aryl methyl sites for hydroxylation is 1. The molecule has 0 aliphatic carbocycles. The average Bonchev–Trinajstić information content (AvgIpc) is 3.33. The van der Waals surface area contributed by atoms with E-state index >= 15 is 0 Å². The summed E-state index contributed by atoms with van der Waals surface area (Å²) in [5.74, 6) is -2.16. The number of nitrogens with zero attached hydrogens (tertiary/aromatic N) is 4. The first-order valence-corrected chi connectivity index (χ1v) is 14.1. The highest BCUT2D eigenvalue weighted by atomic mass is 32.1. The zero-order chi connectivity index (χ0) is 27.8. The Balaban J connectivity index is 1.28. The Bertz CT molecular complexity index is 1270. The molecule has 3 aliphatic rings. The summed E-state index contributed by atoms with van der Waals surface area (Å²) >= 11 is 1.44. The Hall–Kier alpha value is -2.66. The molecule has 210 valence electrons. The van der Waals surface area contributed by atoms with Crippen molar-refractivity contribution in [1.29, 1.82) is 0 Å². The van der Waals surface area contributed by atoms with Gasteiger partial charge in [-0.1, -0.05) is 18.2 Å². The summed E-state index contributed by atoms with van der Waals surface area (Å²) in [5.41, 5.74) is 2.50. The van der Waals surface area contributed by atoms with E-state index in [1.54, 1.807) is 17.2 Å². The van der Waals surface area contributed by atoms with Crippen LogP contribution in [0.2, 0.25) is 0 Å². The number of hydrogen-bond donors (Lipinski definition) is 0. The fraction of sp³-hybridized carbons (Fsp3) is 0.517. The van der Waals surface area contributed by atoms with E-state index in [0.29, 0.717) is 44.0 Å². The topological polar surface area (TPSA) is 58.1 Å². The molecule has 0 bridgehead atoms. The van der Waals surface area contributed by atoms with Gasteiger partial charge in [0.2, 0.25) is 5.91 Å². The van der Waals surface area contributed by atoms with Gasteiger partial charge in [0.15, 0.2) is 0 Å². The number of morpholine rings is 1. The number of alkyl halides is 2. The van der Waals surface area contributed by atoms with Crippen LogP contribution in [0.5, 0.6) is 0 Å². The van der Waals surface area contributed by atoms with Crippen LogP contribution in [-0.4, -0.2) is 73.7 Å². The second kappa shape index (κ2) is 11.1. The van der Waals surface area contributed by atoms with E-state index in [-0.39, 0.29) is 18.1 Å². The van der Waals surface area contributed by atoms with Crippen LogP contribution in [-0.2, 0) is 32.3 Å². The second-order valence-electron chi connectivity index (χ2n) is 10.8. The average molecular weight is 559 g/mol. The number of carbonyl (C=O) groups excluding carboxylic acids is 1. The van der Waals surface area contributed by atoms with E-state index in [0.717, 1.165) is 40.5 Å². The summed E-state index contributed by atoms with van der Waals surface area (Å²) in [5, 5.41) is 0. The van der Waals surface area contributed by atoms with Crippen molar-refractivity contribution in [3.05, 3.63) is 69.2 Å². The molecule has 0 N–H and O–H groups in total. The molecule has 2 aromatic heterocycles. The first-order valence-electron chi connectivity index (χ1n) is 13.3. The summed E-state index contributed by atoms with van der Waals surface area (Å²) in [6.45, 7) is 11.4. The van der Waals surface area contributed by atoms with Crippen LogP contribution in [0, 0.1) is 6.92 Å². The van der Waals surface area contributed by atoms with Crippen LogP contribution in [0.25, 0.3) is 0 Å². The fourth-order valence-electron chi connectivity index (χ4n) is 5.56. The third-order valence-electron chi connectivity index (χ3n) is 7.79. The predicted octanol–water partition coefficient (Wildman–Crippen LogP) is 4.82. The molecule has 0 saturated carbocycles. The number of aromatic nitrogens is 1.